The minimum absolute atomic E-state index is 0.0927. The van der Waals surface area contributed by atoms with E-state index >= 15 is 0 Å². The lowest BCUT2D eigenvalue weighted by molar-refractivity contribution is 0.0694. The number of halogens is 1. The largest absolute Gasteiger partial charge is 0.478 e. The maximum Gasteiger partial charge on any atom is 0.339 e. The van der Waals surface area contributed by atoms with Gasteiger partial charge in [0.25, 0.3) is 0 Å². The van der Waals surface area contributed by atoms with Gasteiger partial charge >= 0.3 is 5.97 Å². The zero-order valence-electron chi connectivity index (χ0n) is 18.1. The van der Waals surface area contributed by atoms with Crippen molar-refractivity contribution in [3.05, 3.63) is 94.0 Å². The van der Waals surface area contributed by atoms with Crippen molar-refractivity contribution in [2.24, 2.45) is 0 Å². The van der Waals surface area contributed by atoms with Gasteiger partial charge in [0, 0.05) is 17.8 Å². The fourth-order valence-electron chi connectivity index (χ4n) is 4.36. The molecule has 1 aliphatic heterocycles. The molecule has 0 spiro atoms. The minimum atomic E-state index is -0.965. The Morgan fingerprint density at radius 1 is 1.03 bits per heavy atom. The lowest BCUT2D eigenvalue weighted by atomic mass is 9.99. The standard InChI is InChI=1S/C26H28ClN3O2/c27-21-14-12-20(13-15-21)18-30-16-5-4-11-24(30)25-28-17-22(26(31)32)23(29-25)10-6-9-19-7-2-1-3-8-19/h1-3,7-8,12-15,17,24H,4-6,9-11,16,18H2,(H,31,32). The van der Waals surface area contributed by atoms with Gasteiger partial charge in [-0.15, -0.1) is 0 Å². The molecule has 1 unspecified atom stereocenters. The Labute approximate surface area is 194 Å². The fraction of sp³-hybridized carbons (Fsp3) is 0.346. The summed E-state index contributed by atoms with van der Waals surface area (Å²) in [5, 5.41) is 10.4. The topological polar surface area (TPSA) is 66.3 Å². The van der Waals surface area contributed by atoms with Crippen molar-refractivity contribution in [1.29, 1.82) is 0 Å². The summed E-state index contributed by atoms with van der Waals surface area (Å²) >= 11 is 6.04. The first-order valence-corrected chi connectivity index (χ1v) is 11.6. The first kappa shape index (κ1) is 22.4. The van der Waals surface area contributed by atoms with E-state index in [0.29, 0.717) is 12.1 Å². The molecule has 0 amide bonds. The van der Waals surface area contributed by atoms with Gasteiger partial charge in [0.1, 0.15) is 5.82 Å². The number of hydrogen-bond donors (Lipinski definition) is 1. The van der Waals surface area contributed by atoms with E-state index in [1.807, 2.05) is 30.3 Å². The Hall–Kier alpha value is -2.76. The summed E-state index contributed by atoms with van der Waals surface area (Å²) in [6.45, 7) is 1.77. The molecule has 0 saturated carbocycles. The number of carboxylic acids is 1. The van der Waals surface area contributed by atoms with E-state index in [0.717, 1.165) is 56.0 Å². The van der Waals surface area contributed by atoms with Gasteiger partial charge in [0.15, 0.2) is 0 Å². The van der Waals surface area contributed by atoms with Gasteiger partial charge in [0.2, 0.25) is 0 Å². The van der Waals surface area contributed by atoms with Gasteiger partial charge in [-0.2, -0.15) is 0 Å². The molecular formula is C26H28ClN3O2. The average molecular weight is 450 g/mol. The number of nitrogens with zero attached hydrogens (tertiary/aromatic N) is 3. The summed E-state index contributed by atoms with van der Waals surface area (Å²) < 4.78 is 0. The Morgan fingerprint density at radius 2 is 1.81 bits per heavy atom. The highest BCUT2D eigenvalue weighted by Crippen LogP contribution is 2.31. The molecule has 1 atom stereocenters. The summed E-state index contributed by atoms with van der Waals surface area (Å²) in [7, 11) is 0. The van der Waals surface area contributed by atoms with E-state index < -0.39 is 5.97 Å². The van der Waals surface area contributed by atoms with Crippen LogP contribution in [0.4, 0.5) is 0 Å². The van der Waals surface area contributed by atoms with Crippen molar-refractivity contribution in [2.75, 3.05) is 6.54 Å². The van der Waals surface area contributed by atoms with Gasteiger partial charge in [-0.25, -0.2) is 14.8 Å². The summed E-state index contributed by atoms with van der Waals surface area (Å²) in [6, 6.07) is 18.3. The van der Waals surface area contributed by atoms with Crippen LogP contribution >= 0.6 is 11.6 Å². The lowest BCUT2D eigenvalue weighted by Crippen LogP contribution is -2.34. The quantitative estimate of drug-likeness (QED) is 0.475. The van der Waals surface area contributed by atoms with E-state index in [4.69, 9.17) is 16.6 Å². The molecule has 3 aromatic rings. The van der Waals surface area contributed by atoms with Crippen molar-refractivity contribution in [2.45, 2.75) is 51.1 Å². The van der Waals surface area contributed by atoms with Crippen LogP contribution in [0.1, 0.15) is 64.7 Å². The van der Waals surface area contributed by atoms with Crippen LogP contribution in [0.5, 0.6) is 0 Å². The molecule has 1 saturated heterocycles. The molecular weight excluding hydrogens is 422 g/mol. The molecule has 0 radical (unpaired) electrons. The molecule has 5 nitrogen and oxygen atoms in total. The van der Waals surface area contributed by atoms with Crippen molar-refractivity contribution < 1.29 is 9.90 Å². The number of benzene rings is 2. The Kier molecular flexibility index (Phi) is 7.51. The summed E-state index contributed by atoms with van der Waals surface area (Å²) in [6.07, 6.45) is 7.10. The zero-order chi connectivity index (χ0) is 22.3. The van der Waals surface area contributed by atoms with Gasteiger partial charge in [-0.05, 0) is 61.9 Å². The molecule has 0 bridgehead atoms. The number of rotatable bonds is 8. The van der Waals surface area contributed by atoms with E-state index in [9.17, 15) is 9.90 Å². The number of likely N-dealkylation sites (tertiary alicyclic amines) is 1. The van der Waals surface area contributed by atoms with Crippen molar-refractivity contribution >= 4 is 17.6 Å². The number of carbonyl (C=O) groups is 1. The Morgan fingerprint density at radius 3 is 2.56 bits per heavy atom. The van der Waals surface area contributed by atoms with E-state index in [1.54, 1.807) is 0 Å². The van der Waals surface area contributed by atoms with Crippen molar-refractivity contribution in [3.8, 4) is 0 Å². The van der Waals surface area contributed by atoms with Gasteiger partial charge < -0.3 is 5.11 Å². The van der Waals surface area contributed by atoms with Crippen molar-refractivity contribution in [1.82, 2.24) is 14.9 Å². The zero-order valence-corrected chi connectivity index (χ0v) is 18.8. The minimum Gasteiger partial charge on any atom is -0.478 e. The highest BCUT2D eigenvalue weighted by Gasteiger charge is 2.27. The second kappa shape index (κ2) is 10.7. The van der Waals surface area contributed by atoms with Crippen LogP contribution in [0.25, 0.3) is 0 Å². The fourth-order valence-corrected chi connectivity index (χ4v) is 4.49. The summed E-state index contributed by atoms with van der Waals surface area (Å²) in [4.78, 5) is 23.5. The molecule has 1 aliphatic rings. The van der Waals surface area contributed by atoms with Crippen LogP contribution in [0.2, 0.25) is 5.02 Å². The first-order valence-electron chi connectivity index (χ1n) is 11.2. The predicted octanol–water partition coefficient (Wildman–Crippen LogP) is 5.73. The number of aromatic carboxylic acids is 1. The number of piperidine rings is 1. The maximum atomic E-state index is 11.8. The number of aromatic nitrogens is 2. The molecule has 2 heterocycles. The van der Waals surface area contributed by atoms with E-state index in [2.05, 4.69) is 34.1 Å². The lowest BCUT2D eigenvalue weighted by Gasteiger charge is -2.35. The number of aryl methyl sites for hydroxylation is 2. The third kappa shape index (κ3) is 5.72. The van der Waals surface area contributed by atoms with Gasteiger partial charge in [-0.1, -0.05) is 60.5 Å². The second-order valence-electron chi connectivity index (χ2n) is 8.34. The maximum absolute atomic E-state index is 11.8. The molecule has 166 valence electrons. The molecule has 2 aromatic carbocycles. The SMILES string of the molecule is O=C(O)c1cnc(C2CCCCN2Cc2ccc(Cl)cc2)nc1CCCc1ccccc1. The summed E-state index contributed by atoms with van der Waals surface area (Å²) in [5.41, 5.74) is 3.30. The number of carboxylic acid groups (broad SMARTS) is 1. The Bertz CT molecular complexity index is 1040. The molecule has 1 N–H and O–H groups in total. The third-order valence-corrected chi connectivity index (χ3v) is 6.30. The highest BCUT2D eigenvalue weighted by molar-refractivity contribution is 6.30. The van der Waals surface area contributed by atoms with Gasteiger partial charge in [-0.3, -0.25) is 4.90 Å². The predicted molar refractivity (Wildman–Crippen MR) is 126 cm³/mol. The van der Waals surface area contributed by atoms with Crippen LogP contribution in [0.15, 0.2) is 60.8 Å². The molecule has 1 fully saturated rings. The second-order valence-corrected chi connectivity index (χ2v) is 8.78. The van der Waals surface area contributed by atoms with Crippen LogP contribution in [-0.2, 0) is 19.4 Å². The van der Waals surface area contributed by atoms with Crippen LogP contribution in [0.3, 0.4) is 0 Å². The average Bonchev–Trinajstić information content (AvgIpc) is 2.81. The van der Waals surface area contributed by atoms with Crippen LogP contribution in [-0.4, -0.2) is 32.5 Å². The Balaban J connectivity index is 1.52. The van der Waals surface area contributed by atoms with E-state index in [-0.39, 0.29) is 11.6 Å². The normalized spacial score (nSPS) is 16.7. The molecule has 4 rings (SSSR count). The first-order chi connectivity index (χ1) is 15.6. The van der Waals surface area contributed by atoms with Gasteiger partial charge in [0.05, 0.1) is 17.3 Å². The monoisotopic (exact) mass is 449 g/mol. The highest BCUT2D eigenvalue weighted by atomic mass is 35.5. The molecule has 0 aliphatic carbocycles. The summed E-state index contributed by atoms with van der Waals surface area (Å²) in [5.74, 6) is -0.230. The number of hydrogen-bond acceptors (Lipinski definition) is 4. The third-order valence-electron chi connectivity index (χ3n) is 6.05. The molecule has 6 heteroatoms. The molecule has 32 heavy (non-hydrogen) atoms. The van der Waals surface area contributed by atoms with Crippen LogP contribution in [0, 0.1) is 0 Å². The van der Waals surface area contributed by atoms with Crippen LogP contribution < -0.4 is 0 Å². The van der Waals surface area contributed by atoms with Crippen molar-refractivity contribution in [3.63, 3.8) is 0 Å². The van der Waals surface area contributed by atoms with E-state index in [1.165, 1.54) is 17.3 Å². The molecule has 1 aromatic heterocycles. The smallest absolute Gasteiger partial charge is 0.339 e.